The van der Waals surface area contributed by atoms with Crippen LogP contribution in [-0.4, -0.2) is 59.6 Å². The van der Waals surface area contributed by atoms with Crippen molar-refractivity contribution in [3.8, 4) is 0 Å². The first kappa shape index (κ1) is 16.9. The average Bonchev–Trinajstić information content (AvgIpc) is 3.07. The van der Waals surface area contributed by atoms with Crippen LogP contribution in [0.2, 0.25) is 0 Å². The van der Waals surface area contributed by atoms with Gasteiger partial charge in [0, 0.05) is 50.8 Å². The third-order valence-electron chi connectivity index (χ3n) is 5.28. The van der Waals surface area contributed by atoms with Crippen LogP contribution in [0.5, 0.6) is 0 Å². The third kappa shape index (κ3) is 2.72. The van der Waals surface area contributed by atoms with Crippen LogP contribution in [0, 0.1) is 6.92 Å². The zero-order chi connectivity index (χ0) is 18.3. The Hall–Kier alpha value is -2.54. The Labute approximate surface area is 153 Å². The highest BCUT2D eigenvalue weighted by molar-refractivity contribution is 5.94. The molecule has 1 amide bonds. The Balaban J connectivity index is 1.68. The van der Waals surface area contributed by atoms with Crippen molar-refractivity contribution >= 4 is 11.9 Å². The first-order chi connectivity index (χ1) is 12.5. The summed E-state index contributed by atoms with van der Waals surface area (Å²) in [5.41, 5.74) is 3.42. The van der Waals surface area contributed by atoms with Gasteiger partial charge in [-0.1, -0.05) is 0 Å². The first-order valence-corrected chi connectivity index (χ1v) is 8.82. The maximum Gasteiger partial charge on any atom is 0.255 e. The van der Waals surface area contributed by atoms with Crippen molar-refractivity contribution in [1.29, 1.82) is 0 Å². The molecule has 26 heavy (non-hydrogen) atoms. The third-order valence-corrected chi connectivity index (χ3v) is 5.28. The second-order valence-electron chi connectivity index (χ2n) is 7.32. The van der Waals surface area contributed by atoms with Crippen molar-refractivity contribution in [2.75, 3.05) is 38.7 Å². The van der Waals surface area contributed by atoms with Gasteiger partial charge in [-0.05, 0) is 25.5 Å². The van der Waals surface area contributed by atoms with Gasteiger partial charge in [0.15, 0.2) is 0 Å². The number of ether oxygens (including phenoxy) is 1. The van der Waals surface area contributed by atoms with Gasteiger partial charge >= 0.3 is 0 Å². The molecule has 2 aromatic rings. The summed E-state index contributed by atoms with van der Waals surface area (Å²) in [5.74, 6) is 0.722. The van der Waals surface area contributed by atoms with Gasteiger partial charge in [-0.25, -0.2) is 9.97 Å². The van der Waals surface area contributed by atoms with E-state index in [1.165, 1.54) is 0 Å². The van der Waals surface area contributed by atoms with E-state index >= 15 is 0 Å². The smallest absolute Gasteiger partial charge is 0.255 e. The molecule has 2 aliphatic heterocycles. The van der Waals surface area contributed by atoms with Crippen LogP contribution in [0.1, 0.15) is 33.7 Å². The normalized spacial score (nSPS) is 21.7. The predicted octanol–water partition coefficient (Wildman–Crippen LogP) is 1.56. The Kier molecular flexibility index (Phi) is 4.11. The quantitative estimate of drug-likeness (QED) is 0.816. The molecule has 0 N–H and O–H groups in total. The number of carbonyl (C=O) groups excluding carboxylic acids is 1. The summed E-state index contributed by atoms with van der Waals surface area (Å²) in [4.78, 5) is 30.2. The molecule has 0 aliphatic carbocycles. The lowest BCUT2D eigenvalue weighted by molar-refractivity contribution is 0.0480. The van der Waals surface area contributed by atoms with E-state index in [1.54, 1.807) is 18.5 Å². The van der Waals surface area contributed by atoms with Crippen LogP contribution >= 0.6 is 0 Å². The molecule has 7 nitrogen and oxygen atoms in total. The number of pyridine rings is 1. The molecule has 1 fully saturated rings. The number of amides is 1. The predicted molar refractivity (Wildman–Crippen MR) is 97.2 cm³/mol. The molecule has 4 rings (SSSR count). The molecule has 0 unspecified atom stereocenters. The van der Waals surface area contributed by atoms with E-state index in [2.05, 4.69) is 9.97 Å². The molecule has 136 valence electrons. The van der Waals surface area contributed by atoms with E-state index < -0.39 is 0 Å². The standard InChI is InChI=1S/C19H23N5O2/c1-13-15-10-26-12-19(16(15)22-18(21-13)23(2)3)6-8-24(11-19)17(25)14-5-4-7-20-9-14/h4-5,7,9H,6,8,10-12H2,1-3H3/t19-/m1/s1. The zero-order valence-corrected chi connectivity index (χ0v) is 15.4. The van der Waals surface area contributed by atoms with E-state index in [0.29, 0.717) is 37.8 Å². The summed E-state index contributed by atoms with van der Waals surface area (Å²) in [6.07, 6.45) is 4.14. The summed E-state index contributed by atoms with van der Waals surface area (Å²) in [6, 6.07) is 3.60. The van der Waals surface area contributed by atoms with Crippen LogP contribution in [0.15, 0.2) is 24.5 Å². The van der Waals surface area contributed by atoms with E-state index in [-0.39, 0.29) is 11.3 Å². The molecular formula is C19H23N5O2. The van der Waals surface area contributed by atoms with Gasteiger partial charge < -0.3 is 14.5 Å². The topological polar surface area (TPSA) is 71.5 Å². The van der Waals surface area contributed by atoms with Gasteiger partial charge in [0.2, 0.25) is 5.95 Å². The summed E-state index contributed by atoms with van der Waals surface area (Å²) in [7, 11) is 3.89. The van der Waals surface area contributed by atoms with Crippen LogP contribution in [0.4, 0.5) is 5.95 Å². The number of nitrogens with zero attached hydrogens (tertiary/aromatic N) is 5. The molecule has 1 spiro atoms. The van der Waals surface area contributed by atoms with Gasteiger partial charge in [-0.3, -0.25) is 9.78 Å². The Bertz CT molecular complexity index is 839. The molecular weight excluding hydrogens is 330 g/mol. The van der Waals surface area contributed by atoms with Gasteiger partial charge in [0.25, 0.3) is 5.91 Å². The van der Waals surface area contributed by atoms with Gasteiger partial charge in [-0.2, -0.15) is 0 Å². The van der Waals surface area contributed by atoms with E-state index in [9.17, 15) is 4.79 Å². The maximum atomic E-state index is 12.8. The molecule has 4 heterocycles. The second kappa shape index (κ2) is 6.32. The molecule has 7 heteroatoms. The highest BCUT2D eigenvalue weighted by Gasteiger charge is 2.47. The number of aryl methyl sites for hydroxylation is 1. The first-order valence-electron chi connectivity index (χ1n) is 8.82. The molecule has 0 saturated carbocycles. The number of hydrogen-bond donors (Lipinski definition) is 0. The molecule has 2 aliphatic rings. The number of aromatic nitrogens is 3. The lowest BCUT2D eigenvalue weighted by Crippen LogP contribution is -2.42. The monoisotopic (exact) mass is 353 g/mol. The fourth-order valence-electron chi connectivity index (χ4n) is 3.84. The molecule has 1 saturated heterocycles. The van der Waals surface area contributed by atoms with Crippen molar-refractivity contribution in [3.05, 3.63) is 47.0 Å². The highest BCUT2D eigenvalue weighted by Crippen LogP contribution is 2.40. The van der Waals surface area contributed by atoms with Crippen molar-refractivity contribution in [1.82, 2.24) is 19.9 Å². The lowest BCUT2D eigenvalue weighted by atomic mass is 9.80. The van der Waals surface area contributed by atoms with Gasteiger partial charge in [-0.15, -0.1) is 0 Å². The van der Waals surface area contributed by atoms with Crippen molar-refractivity contribution < 1.29 is 9.53 Å². The minimum absolute atomic E-state index is 0.0145. The molecule has 0 radical (unpaired) electrons. The van der Waals surface area contributed by atoms with Crippen molar-refractivity contribution in [3.63, 3.8) is 0 Å². The maximum absolute atomic E-state index is 12.8. The number of fused-ring (bicyclic) bond motifs is 2. The largest absolute Gasteiger partial charge is 0.376 e. The summed E-state index contributed by atoms with van der Waals surface area (Å²) >= 11 is 0. The van der Waals surface area contributed by atoms with E-state index in [4.69, 9.17) is 9.72 Å². The molecule has 0 bridgehead atoms. The van der Waals surface area contributed by atoms with Crippen molar-refractivity contribution in [2.45, 2.75) is 25.4 Å². The summed E-state index contributed by atoms with van der Waals surface area (Å²) in [6.45, 7) is 4.42. The summed E-state index contributed by atoms with van der Waals surface area (Å²) in [5, 5.41) is 0. The number of hydrogen-bond acceptors (Lipinski definition) is 6. The second-order valence-corrected chi connectivity index (χ2v) is 7.32. The molecule has 1 atom stereocenters. The van der Waals surface area contributed by atoms with E-state index in [0.717, 1.165) is 23.4 Å². The number of anilines is 1. The lowest BCUT2D eigenvalue weighted by Gasteiger charge is -2.35. The van der Waals surface area contributed by atoms with Gasteiger partial charge in [0.05, 0.1) is 29.9 Å². The Morgan fingerprint density at radius 2 is 2.19 bits per heavy atom. The van der Waals surface area contributed by atoms with Crippen LogP contribution < -0.4 is 4.90 Å². The van der Waals surface area contributed by atoms with E-state index in [1.807, 2.05) is 36.9 Å². The van der Waals surface area contributed by atoms with Crippen molar-refractivity contribution in [2.24, 2.45) is 0 Å². The number of likely N-dealkylation sites (tertiary alicyclic amines) is 1. The average molecular weight is 353 g/mol. The molecule has 0 aromatic carbocycles. The highest BCUT2D eigenvalue weighted by atomic mass is 16.5. The Morgan fingerprint density at radius 3 is 2.92 bits per heavy atom. The summed E-state index contributed by atoms with van der Waals surface area (Å²) < 4.78 is 5.90. The van der Waals surface area contributed by atoms with Crippen LogP contribution in [-0.2, 0) is 16.8 Å². The zero-order valence-electron chi connectivity index (χ0n) is 15.4. The SMILES string of the molecule is Cc1nc(N(C)C)nc2c1COC[C@]21CCN(C(=O)c2cccnc2)C1. The fourth-order valence-corrected chi connectivity index (χ4v) is 3.84. The Morgan fingerprint density at radius 1 is 1.35 bits per heavy atom. The fraction of sp³-hybridized carbons (Fsp3) is 0.474. The minimum atomic E-state index is -0.260. The van der Waals surface area contributed by atoms with Gasteiger partial charge in [0.1, 0.15) is 0 Å². The van der Waals surface area contributed by atoms with Crippen LogP contribution in [0.3, 0.4) is 0 Å². The van der Waals surface area contributed by atoms with Crippen LogP contribution in [0.25, 0.3) is 0 Å². The number of rotatable bonds is 2. The minimum Gasteiger partial charge on any atom is -0.376 e. The molecule has 2 aromatic heterocycles. The number of carbonyl (C=O) groups is 1.